The third-order valence-electron chi connectivity index (χ3n) is 8.55. The predicted octanol–water partition coefficient (Wildman–Crippen LogP) is 3.23. The molecule has 0 unspecified atom stereocenters. The molecule has 1 atom stereocenters. The van der Waals surface area contributed by atoms with Gasteiger partial charge in [0.05, 0.1) is 36.4 Å². The third-order valence-corrected chi connectivity index (χ3v) is 8.55. The first-order valence-corrected chi connectivity index (χ1v) is 14.3. The van der Waals surface area contributed by atoms with Crippen molar-refractivity contribution >= 4 is 28.0 Å². The summed E-state index contributed by atoms with van der Waals surface area (Å²) < 4.78 is 15.5. The van der Waals surface area contributed by atoms with Crippen molar-refractivity contribution in [3.05, 3.63) is 35.9 Å². The second-order valence-corrected chi connectivity index (χ2v) is 11.6. The second kappa shape index (κ2) is 10.7. The van der Waals surface area contributed by atoms with Gasteiger partial charge in [-0.25, -0.2) is 9.97 Å². The second-order valence-electron chi connectivity index (χ2n) is 11.6. The summed E-state index contributed by atoms with van der Waals surface area (Å²) >= 11 is 0. The first-order chi connectivity index (χ1) is 19.2. The van der Waals surface area contributed by atoms with Gasteiger partial charge in [0.2, 0.25) is 5.95 Å². The van der Waals surface area contributed by atoms with E-state index in [1.807, 2.05) is 56.7 Å². The Morgan fingerprint density at radius 1 is 1.05 bits per heavy atom. The van der Waals surface area contributed by atoms with E-state index in [4.69, 9.17) is 29.4 Å². The molecule has 11 nitrogen and oxygen atoms in total. The summed E-state index contributed by atoms with van der Waals surface area (Å²) in [5.41, 5.74) is 2.77. The quantitative estimate of drug-likeness (QED) is 0.373. The van der Waals surface area contributed by atoms with Crippen molar-refractivity contribution in [2.75, 3.05) is 51.4 Å². The summed E-state index contributed by atoms with van der Waals surface area (Å²) in [6, 6.07) is 8.04. The zero-order chi connectivity index (χ0) is 28.0. The Balaban J connectivity index is 1.44. The number of methoxy groups -OCH3 is 1. The van der Waals surface area contributed by atoms with Crippen LogP contribution in [0.15, 0.2) is 24.3 Å². The SMILES string of the molecule is CO[C@H](C)c1nc2ccccc2n1-c1nc(N2CCOCC2)c2nc(CN3CCC(C(C)(C)O)CC3)n(C)c2n1. The molecule has 0 bridgehead atoms. The van der Waals surface area contributed by atoms with Gasteiger partial charge in [-0.3, -0.25) is 9.47 Å². The third kappa shape index (κ3) is 4.96. The molecule has 3 aromatic heterocycles. The minimum atomic E-state index is -0.639. The Kier molecular flexibility index (Phi) is 7.24. The molecule has 2 saturated heterocycles. The number of imidazole rings is 2. The van der Waals surface area contributed by atoms with Crippen LogP contribution in [0, 0.1) is 5.92 Å². The summed E-state index contributed by atoms with van der Waals surface area (Å²) in [6.07, 6.45) is 1.71. The van der Waals surface area contributed by atoms with Crippen molar-refractivity contribution in [3.63, 3.8) is 0 Å². The molecule has 1 aromatic carbocycles. The maximum Gasteiger partial charge on any atom is 0.239 e. The fourth-order valence-corrected chi connectivity index (χ4v) is 5.95. The number of rotatable bonds is 7. The van der Waals surface area contributed by atoms with Crippen LogP contribution in [-0.4, -0.2) is 91.2 Å². The van der Waals surface area contributed by atoms with Gasteiger partial charge in [-0.2, -0.15) is 9.97 Å². The van der Waals surface area contributed by atoms with Gasteiger partial charge in [0.15, 0.2) is 17.0 Å². The number of aryl methyl sites for hydroxylation is 1. The lowest BCUT2D eigenvalue weighted by atomic mass is 9.83. The number of fused-ring (bicyclic) bond motifs is 2. The molecule has 214 valence electrons. The number of hydrogen-bond acceptors (Lipinski definition) is 9. The number of aliphatic hydroxyl groups is 1. The van der Waals surface area contributed by atoms with Crippen LogP contribution in [0.5, 0.6) is 0 Å². The number of benzene rings is 1. The van der Waals surface area contributed by atoms with Crippen LogP contribution < -0.4 is 4.90 Å². The number of anilines is 1. The van der Waals surface area contributed by atoms with Crippen LogP contribution in [0.3, 0.4) is 0 Å². The molecule has 0 radical (unpaired) electrons. The van der Waals surface area contributed by atoms with E-state index in [1.54, 1.807) is 7.11 Å². The van der Waals surface area contributed by atoms with Crippen molar-refractivity contribution < 1.29 is 14.6 Å². The number of likely N-dealkylation sites (tertiary alicyclic amines) is 1. The Morgan fingerprint density at radius 3 is 2.48 bits per heavy atom. The molecule has 4 aromatic rings. The smallest absolute Gasteiger partial charge is 0.239 e. The van der Waals surface area contributed by atoms with Crippen LogP contribution in [-0.2, 0) is 23.1 Å². The van der Waals surface area contributed by atoms with E-state index in [9.17, 15) is 5.11 Å². The lowest BCUT2D eigenvalue weighted by Gasteiger charge is -2.37. The van der Waals surface area contributed by atoms with Crippen molar-refractivity contribution in [1.82, 2.24) is 34.0 Å². The zero-order valence-corrected chi connectivity index (χ0v) is 24.2. The summed E-state index contributed by atoms with van der Waals surface area (Å²) in [7, 11) is 3.73. The Hall–Kier alpha value is -3.12. The van der Waals surface area contributed by atoms with E-state index in [-0.39, 0.29) is 6.10 Å². The van der Waals surface area contributed by atoms with E-state index in [0.29, 0.717) is 25.1 Å². The molecule has 2 fully saturated rings. The fraction of sp³-hybridized carbons (Fsp3) is 0.586. The monoisotopic (exact) mass is 548 g/mol. The number of ether oxygens (including phenoxy) is 2. The maximum atomic E-state index is 10.5. The Morgan fingerprint density at radius 2 is 1.77 bits per heavy atom. The number of aromatic nitrogens is 6. The van der Waals surface area contributed by atoms with Crippen molar-refractivity contribution in [2.45, 2.75) is 51.9 Å². The highest BCUT2D eigenvalue weighted by Gasteiger charge is 2.31. The molecule has 6 rings (SSSR count). The highest BCUT2D eigenvalue weighted by atomic mass is 16.5. The van der Waals surface area contributed by atoms with Crippen LogP contribution in [0.1, 0.15) is 51.4 Å². The van der Waals surface area contributed by atoms with Gasteiger partial charge in [-0.1, -0.05) is 12.1 Å². The number of piperidine rings is 1. The number of morpholine rings is 1. The predicted molar refractivity (Wildman–Crippen MR) is 154 cm³/mol. The van der Waals surface area contributed by atoms with Crippen molar-refractivity contribution in [1.29, 1.82) is 0 Å². The van der Waals surface area contributed by atoms with Crippen LogP contribution >= 0.6 is 0 Å². The number of hydrogen-bond donors (Lipinski definition) is 1. The summed E-state index contributed by atoms with van der Waals surface area (Å²) in [6.45, 7) is 11.2. The van der Waals surface area contributed by atoms with E-state index in [0.717, 1.165) is 85.2 Å². The summed E-state index contributed by atoms with van der Waals surface area (Å²) in [5, 5.41) is 10.5. The van der Waals surface area contributed by atoms with Crippen molar-refractivity contribution in [2.24, 2.45) is 13.0 Å². The van der Waals surface area contributed by atoms with E-state index >= 15 is 0 Å². The van der Waals surface area contributed by atoms with Crippen LogP contribution in [0.25, 0.3) is 28.1 Å². The standard InChI is InChI=1S/C29H40N8O3/c1-19(39-5)25-30-21-8-6-7-9-22(21)37(25)28-32-26-24(27(33-28)36-14-16-40-17-15-36)31-23(34(26)4)18-35-12-10-20(11-13-35)29(2,3)38/h6-9,19-20,38H,10-18H2,1-5H3/t19-/m1/s1. The molecule has 5 heterocycles. The Bertz CT molecular complexity index is 1490. The zero-order valence-electron chi connectivity index (χ0n) is 24.2. The van der Waals surface area contributed by atoms with Gasteiger partial charge in [0.1, 0.15) is 17.8 Å². The minimum Gasteiger partial charge on any atom is -0.390 e. The lowest BCUT2D eigenvalue weighted by Crippen LogP contribution is -2.41. The largest absolute Gasteiger partial charge is 0.390 e. The van der Waals surface area contributed by atoms with Gasteiger partial charge in [0, 0.05) is 27.2 Å². The van der Waals surface area contributed by atoms with E-state index in [2.05, 4.69) is 14.4 Å². The topological polar surface area (TPSA) is 107 Å². The first kappa shape index (κ1) is 27.1. The molecular formula is C29H40N8O3. The van der Waals surface area contributed by atoms with Crippen LogP contribution in [0.2, 0.25) is 0 Å². The van der Waals surface area contributed by atoms with E-state index < -0.39 is 5.60 Å². The maximum absolute atomic E-state index is 10.5. The summed E-state index contributed by atoms with van der Waals surface area (Å²) in [5.74, 6) is 3.41. The molecule has 0 amide bonds. The molecule has 0 spiro atoms. The molecule has 2 aliphatic heterocycles. The highest BCUT2D eigenvalue weighted by molar-refractivity contribution is 5.86. The number of para-hydroxylation sites is 2. The number of nitrogens with zero attached hydrogens (tertiary/aromatic N) is 8. The van der Waals surface area contributed by atoms with Gasteiger partial charge in [-0.15, -0.1) is 0 Å². The van der Waals surface area contributed by atoms with Crippen molar-refractivity contribution in [3.8, 4) is 5.95 Å². The van der Waals surface area contributed by atoms with Gasteiger partial charge in [0.25, 0.3) is 0 Å². The molecule has 11 heteroatoms. The van der Waals surface area contributed by atoms with Crippen LogP contribution in [0.4, 0.5) is 5.82 Å². The minimum absolute atomic E-state index is 0.243. The lowest BCUT2D eigenvalue weighted by molar-refractivity contribution is -0.0139. The van der Waals surface area contributed by atoms with Gasteiger partial charge in [-0.05, 0) is 64.8 Å². The molecule has 0 saturated carbocycles. The van der Waals surface area contributed by atoms with Gasteiger partial charge < -0.3 is 24.0 Å². The Labute approximate surface area is 234 Å². The molecule has 1 N–H and O–H groups in total. The average molecular weight is 549 g/mol. The molecule has 40 heavy (non-hydrogen) atoms. The first-order valence-electron chi connectivity index (χ1n) is 14.3. The highest BCUT2D eigenvalue weighted by Crippen LogP contribution is 2.32. The fourth-order valence-electron chi connectivity index (χ4n) is 5.95. The average Bonchev–Trinajstić information content (AvgIpc) is 3.50. The molecular weight excluding hydrogens is 508 g/mol. The van der Waals surface area contributed by atoms with Gasteiger partial charge >= 0.3 is 0 Å². The van der Waals surface area contributed by atoms with E-state index in [1.165, 1.54) is 0 Å². The summed E-state index contributed by atoms with van der Waals surface area (Å²) in [4.78, 5) is 24.9. The molecule has 0 aliphatic carbocycles. The normalized spacial score (nSPS) is 18.7. The molecule has 2 aliphatic rings.